The molecular weight excluding hydrogens is 344 g/mol. The summed E-state index contributed by atoms with van der Waals surface area (Å²) >= 11 is 9.32. The minimum Gasteiger partial charge on any atom is -0.297 e. The van der Waals surface area contributed by atoms with Crippen LogP contribution in [0.15, 0.2) is 38.3 Å². The molecule has 0 atom stereocenters. The Hall–Kier alpha value is -1.33. The van der Waals surface area contributed by atoms with Crippen LogP contribution in [0.2, 0.25) is 5.15 Å². The standard InChI is InChI=1S/C14H14BrClN2O2/c1-8(2)11-12(16)17-14(20)18(13(11)19)7-9-4-3-5-10(15)6-9/h3-6,8H,7H2,1-2H3,(H,17,20). The van der Waals surface area contributed by atoms with Gasteiger partial charge in [-0.3, -0.25) is 14.3 Å². The summed E-state index contributed by atoms with van der Waals surface area (Å²) in [6.07, 6.45) is 0. The molecule has 1 N–H and O–H groups in total. The van der Waals surface area contributed by atoms with Crippen molar-refractivity contribution in [3.8, 4) is 0 Å². The van der Waals surface area contributed by atoms with Gasteiger partial charge in [-0.25, -0.2) is 4.79 Å². The molecule has 0 unspecified atom stereocenters. The van der Waals surface area contributed by atoms with Crippen LogP contribution < -0.4 is 11.2 Å². The second-order valence-corrected chi connectivity index (χ2v) is 6.13. The van der Waals surface area contributed by atoms with Gasteiger partial charge in [-0.15, -0.1) is 0 Å². The van der Waals surface area contributed by atoms with E-state index in [2.05, 4.69) is 20.9 Å². The number of aromatic amines is 1. The molecule has 0 fully saturated rings. The Morgan fingerprint density at radius 2 is 2.05 bits per heavy atom. The predicted molar refractivity (Wildman–Crippen MR) is 83.7 cm³/mol. The summed E-state index contributed by atoms with van der Waals surface area (Å²) in [6, 6.07) is 7.48. The molecular formula is C14H14BrClN2O2. The van der Waals surface area contributed by atoms with Gasteiger partial charge in [0, 0.05) is 4.47 Å². The quantitative estimate of drug-likeness (QED) is 0.858. The first-order valence-electron chi connectivity index (χ1n) is 6.17. The van der Waals surface area contributed by atoms with Gasteiger partial charge in [0.1, 0.15) is 5.15 Å². The van der Waals surface area contributed by atoms with Gasteiger partial charge in [0.05, 0.1) is 12.1 Å². The Morgan fingerprint density at radius 1 is 1.35 bits per heavy atom. The number of H-pyrrole nitrogens is 1. The molecule has 0 aliphatic carbocycles. The number of hydrogen-bond donors (Lipinski definition) is 1. The fraction of sp³-hybridized carbons (Fsp3) is 0.286. The van der Waals surface area contributed by atoms with E-state index < -0.39 is 5.69 Å². The summed E-state index contributed by atoms with van der Waals surface area (Å²) in [4.78, 5) is 26.8. The molecule has 0 spiro atoms. The average Bonchev–Trinajstić information content (AvgIpc) is 2.33. The van der Waals surface area contributed by atoms with Crippen LogP contribution in [0.25, 0.3) is 0 Å². The Bertz CT molecular complexity index is 750. The third-order valence-corrected chi connectivity index (χ3v) is 3.77. The minimum atomic E-state index is -0.496. The van der Waals surface area contributed by atoms with Crippen LogP contribution in [-0.2, 0) is 6.54 Å². The highest BCUT2D eigenvalue weighted by molar-refractivity contribution is 9.10. The van der Waals surface area contributed by atoms with E-state index >= 15 is 0 Å². The first kappa shape index (κ1) is 15.1. The molecule has 4 nitrogen and oxygen atoms in total. The number of nitrogens with zero attached hydrogens (tertiary/aromatic N) is 1. The molecule has 0 aliphatic heterocycles. The van der Waals surface area contributed by atoms with Crippen molar-refractivity contribution in [2.45, 2.75) is 26.3 Å². The van der Waals surface area contributed by atoms with E-state index in [0.29, 0.717) is 5.56 Å². The molecule has 0 saturated carbocycles. The minimum absolute atomic E-state index is 0.0550. The van der Waals surface area contributed by atoms with Crippen molar-refractivity contribution in [1.29, 1.82) is 0 Å². The molecule has 0 bridgehead atoms. The third-order valence-electron chi connectivity index (χ3n) is 2.98. The molecule has 0 aliphatic rings. The molecule has 0 saturated heterocycles. The van der Waals surface area contributed by atoms with Crippen molar-refractivity contribution < 1.29 is 0 Å². The monoisotopic (exact) mass is 356 g/mol. The van der Waals surface area contributed by atoms with E-state index in [1.165, 1.54) is 4.57 Å². The Morgan fingerprint density at radius 3 is 2.65 bits per heavy atom. The van der Waals surface area contributed by atoms with Crippen molar-refractivity contribution in [1.82, 2.24) is 9.55 Å². The van der Waals surface area contributed by atoms with Crippen LogP contribution in [0.5, 0.6) is 0 Å². The van der Waals surface area contributed by atoms with Crippen molar-refractivity contribution in [3.63, 3.8) is 0 Å². The third kappa shape index (κ3) is 3.04. The van der Waals surface area contributed by atoms with Crippen LogP contribution in [0.3, 0.4) is 0 Å². The first-order valence-corrected chi connectivity index (χ1v) is 7.34. The van der Waals surface area contributed by atoms with E-state index in [9.17, 15) is 9.59 Å². The normalized spacial score (nSPS) is 11.1. The fourth-order valence-electron chi connectivity index (χ4n) is 2.02. The van der Waals surface area contributed by atoms with E-state index in [4.69, 9.17) is 11.6 Å². The lowest BCUT2D eigenvalue weighted by Gasteiger charge is -2.11. The van der Waals surface area contributed by atoms with E-state index in [1.54, 1.807) is 0 Å². The van der Waals surface area contributed by atoms with Gasteiger partial charge in [-0.2, -0.15) is 0 Å². The number of halogens is 2. The topological polar surface area (TPSA) is 54.9 Å². The summed E-state index contributed by atoms with van der Waals surface area (Å²) in [6.45, 7) is 3.94. The molecule has 1 aromatic heterocycles. The van der Waals surface area contributed by atoms with Crippen LogP contribution in [0, 0.1) is 0 Å². The van der Waals surface area contributed by atoms with Crippen LogP contribution in [0.1, 0.15) is 30.9 Å². The zero-order valence-corrected chi connectivity index (χ0v) is 13.5. The van der Waals surface area contributed by atoms with Gasteiger partial charge < -0.3 is 0 Å². The highest BCUT2D eigenvalue weighted by atomic mass is 79.9. The average molecular weight is 358 g/mol. The lowest BCUT2D eigenvalue weighted by molar-refractivity contribution is 0.670. The molecule has 2 rings (SSSR count). The maximum Gasteiger partial charge on any atom is 0.329 e. The smallest absolute Gasteiger partial charge is 0.297 e. The van der Waals surface area contributed by atoms with Gasteiger partial charge in [-0.1, -0.05) is 53.5 Å². The summed E-state index contributed by atoms with van der Waals surface area (Å²) in [5.74, 6) is -0.0550. The Kier molecular flexibility index (Phi) is 4.50. The molecule has 0 amide bonds. The predicted octanol–water partition coefficient (Wildman–Crippen LogP) is 3.12. The SMILES string of the molecule is CC(C)c1c(Cl)[nH]c(=O)n(Cc2cccc(Br)c2)c1=O. The number of hydrogen-bond acceptors (Lipinski definition) is 2. The molecule has 20 heavy (non-hydrogen) atoms. The van der Waals surface area contributed by atoms with Crippen LogP contribution >= 0.6 is 27.5 Å². The lowest BCUT2D eigenvalue weighted by Crippen LogP contribution is -2.38. The van der Waals surface area contributed by atoms with Crippen molar-refractivity contribution in [2.24, 2.45) is 0 Å². The summed E-state index contributed by atoms with van der Waals surface area (Å²) in [5, 5.41) is 0.125. The van der Waals surface area contributed by atoms with Gasteiger partial charge >= 0.3 is 5.69 Å². The Balaban J connectivity index is 2.55. The van der Waals surface area contributed by atoms with E-state index in [0.717, 1.165) is 10.0 Å². The maximum absolute atomic E-state index is 12.4. The molecule has 6 heteroatoms. The molecule has 1 heterocycles. The van der Waals surface area contributed by atoms with Gasteiger partial charge in [0.25, 0.3) is 5.56 Å². The van der Waals surface area contributed by atoms with E-state index in [-0.39, 0.29) is 23.2 Å². The highest BCUT2D eigenvalue weighted by Crippen LogP contribution is 2.17. The number of rotatable bonds is 3. The second-order valence-electron chi connectivity index (χ2n) is 4.83. The second kappa shape index (κ2) is 5.97. The number of nitrogens with one attached hydrogen (secondary N) is 1. The van der Waals surface area contributed by atoms with Gasteiger partial charge in [0.15, 0.2) is 0 Å². The zero-order chi connectivity index (χ0) is 14.9. The van der Waals surface area contributed by atoms with Crippen molar-refractivity contribution in [2.75, 3.05) is 0 Å². The summed E-state index contributed by atoms with van der Waals surface area (Å²) in [5.41, 5.74) is 0.461. The van der Waals surface area contributed by atoms with Crippen molar-refractivity contribution >= 4 is 27.5 Å². The molecule has 1 aromatic carbocycles. The lowest BCUT2D eigenvalue weighted by atomic mass is 10.1. The number of benzene rings is 1. The highest BCUT2D eigenvalue weighted by Gasteiger charge is 2.15. The van der Waals surface area contributed by atoms with Crippen LogP contribution in [-0.4, -0.2) is 9.55 Å². The van der Waals surface area contributed by atoms with Crippen LogP contribution in [0.4, 0.5) is 0 Å². The maximum atomic E-state index is 12.4. The van der Waals surface area contributed by atoms with Gasteiger partial charge in [-0.05, 0) is 23.6 Å². The Labute approximate surface area is 129 Å². The van der Waals surface area contributed by atoms with E-state index in [1.807, 2.05) is 38.1 Å². The number of aromatic nitrogens is 2. The van der Waals surface area contributed by atoms with Crippen molar-refractivity contribution in [3.05, 3.63) is 65.9 Å². The fourth-order valence-corrected chi connectivity index (χ4v) is 2.85. The van der Waals surface area contributed by atoms with Gasteiger partial charge in [0.2, 0.25) is 0 Å². The summed E-state index contributed by atoms with van der Waals surface area (Å²) < 4.78 is 2.07. The molecule has 106 valence electrons. The largest absolute Gasteiger partial charge is 0.329 e. The summed E-state index contributed by atoms with van der Waals surface area (Å²) in [7, 11) is 0. The molecule has 2 aromatic rings. The zero-order valence-electron chi connectivity index (χ0n) is 11.1. The first-order chi connectivity index (χ1) is 9.40. The molecule has 0 radical (unpaired) electrons.